The van der Waals surface area contributed by atoms with Gasteiger partial charge in [0.05, 0.1) is 44.3 Å². The first kappa shape index (κ1) is 19.6. The molecule has 0 saturated heterocycles. The molecule has 1 aromatic heterocycles. The van der Waals surface area contributed by atoms with Crippen LogP contribution < -0.4 is 4.72 Å². The largest absolute Gasteiger partial charge is 0.378 e. The molecule has 1 heterocycles. The first-order valence-electron chi connectivity index (χ1n) is 8.07. The number of aromatic nitrogens is 2. The number of imidazole rings is 1. The highest BCUT2D eigenvalue weighted by molar-refractivity contribution is 7.88. The fourth-order valence-electron chi connectivity index (χ4n) is 2.44. The van der Waals surface area contributed by atoms with Crippen LogP contribution in [0.1, 0.15) is 28.5 Å². The SMILES string of the molecule is Cc1cccc(C(OCCOCCNS(C)(=O)=O)c2cnc[nH]2)c1C. The molecule has 0 bridgehead atoms. The molecule has 0 spiro atoms. The highest BCUT2D eigenvalue weighted by atomic mass is 32.2. The van der Waals surface area contributed by atoms with Crippen molar-refractivity contribution in [2.45, 2.75) is 20.0 Å². The van der Waals surface area contributed by atoms with Gasteiger partial charge in [-0.05, 0) is 30.5 Å². The lowest BCUT2D eigenvalue weighted by molar-refractivity contribution is 0.0198. The van der Waals surface area contributed by atoms with Crippen LogP contribution in [0.25, 0.3) is 0 Å². The van der Waals surface area contributed by atoms with Gasteiger partial charge in [0.1, 0.15) is 6.10 Å². The van der Waals surface area contributed by atoms with Gasteiger partial charge < -0.3 is 14.5 Å². The summed E-state index contributed by atoms with van der Waals surface area (Å²) >= 11 is 0. The summed E-state index contributed by atoms with van der Waals surface area (Å²) in [4.78, 5) is 7.19. The number of rotatable bonds is 10. The third-order valence-corrected chi connectivity index (χ3v) is 4.58. The molecule has 2 rings (SSSR count). The molecule has 8 heteroatoms. The van der Waals surface area contributed by atoms with Crippen LogP contribution in [0.2, 0.25) is 0 Å². The van der Waals surface area contributed by atoms with Gasteiger partial charge in [-0.2, -0.15) is 0 Å². The third-order valence-electron chi connectivity index (χ3n) is 3.85. The molecule has 0 amide bonds. The van der Waals surface area contributed by atoms with E-state index < -0.39 is 10.0 Å². The number of ether oxygens (including phenoxy) is 2. The number of H-pyrrole nitrogens is 1. The van der Waals surface area contributed by atoms with Gasteiger partial charge in [0, 0.05) is 6.54 Å². The molecule has 138 valence electrons. The predicted octanol–water partition coefficient (Wildman–Crippen LogP) is 1.70. The van der Waals surface area contributed by atoms with Crippen LogP contribution in [0.3, 0.4) is 0 Å². The highest BCUT2D eigenvalue weighted by Gasteiger charge is 2.18. The average molecular weight is 367 g/mol. The minimum absolute atomic E-state index is 0.250. The Balaban J connectivity index is 1.90. The van der Waals surface area contributed by atoms with E-state index in [4.69, 9.17) is 9.47 Å². The minimum Gasteiger partial charge on any atom is -0.378 e. The van der Waals surface area contributed by atoms with Gasteiger partial charge in [0.15, 0.2) is 0 Å². The number of nitrogens with zero attached hydrogens (tertiary/aromatic N) is 1. The maximum Gasteiger partial charge on any atom is 0.208 e. The lowest BCUT2D eigenvalue weighted by Gasteiger charge is -2.20. The third kappa shape index (κ3) is 6.24. The summed E-state index contributed by atoms with van der Waals surface area (Å²) in [6.07, 6.45) is 4.25. The standard InChI is InChI=1S/C17H25N3O4S/c1-13-5-4-6-15(14(13)2)17(16-11-18-12-19-16)24-10-9-23-8-7-20-25(3,21)22/h4-6,11-12,17,20H,7-10H2,1-3H3,(H,18,19). The van der Waals surface area contributed by atoms with E-state index >= 15 is 0 Å². The van der Waals surface area contributed by atoms with Crippen molar-refractivity contribution in [3.8, 4) is 0 Å². The zero-order valence-electron chi connectivity index (χ0n) is 14.8. The van der Waals surface area contributed by atoms with Crippen LogP contribution in [0.15, 0.2) is 30.7 Å². The van der Waals surface area contributed by atoms with Crippen molar-refractivity contribution in [3.63, 3.8) is 0 Å². The fourth-order valence-corrected chi connectivity index (χ4v) is 2.90. The average Bonchev–Trinajstić information content (AvgIpc) is 3.06. The second kappa shape index (κ2) is 9.10. The van der Waals surface area contributed by atoms with Gasteiger partial charge in [-0.3, -0.25) is 0 Å². The van der Waals surface area contributed by atoms with E-state index in [9.17, 15) is 8.42 Å². The molecule has 0 aliphatic carbocycles. The number of aromatic amines is 1. The maximum absolute atomic E-state index is 11.0. The monoisotopic (exact) mass is 367 g/mol. The van der Waals surface area contributed by atoms with E-state index in [1.54, 1.807) is 12.5 Å². The molecular weight excluding hydrogens is 342 g/mol. The van der Waals surface area contributed by atoms with Crippen molar-refractivity contribution >= 4 is 10.0 Å². The summed E-state index contributed by atoms with van der Waals surface area (Å²) in [5.74, 6) is 0. The Morgan fingerprint density at radius 2 is 2.04 bits per heavy atom. The molecular formula is C17H25N3O4S. The Kier molecular flexibility index (Phi) is 7.12. The maximum atomic E-state index is 11.0. The molecule has 0 saturated carbocycles. The van der Waals surface area contributed by atoms with E-state index in [2.05, 4.69) is 34.6 Å². The smallest absolute Gasteiger partial charge is 0.208 e. The van der Waals surface area contributed by atoms with Crippen LogP contribution in [-0.4, -0.2) is 51.0 Å². The Bertz CT molecular complexity index is 760. The van der Waals surface area contributed by atoms with Crippen molar-refractivity contribution in [1.82, 2.24) is 14.7 Å². The molecule has 0 aliphatic rings. The van der Waals surface area contributed by atoms with Crippen molar-refractivity contribution in [2.75, 3.05) is 32.6 Å². The zero-order valence-corrected chi connectivity index (χ0v) is 15.6. The molecule has 1 unspecified atom stereocenters. The quantitative estimate of drug-likeness (QED) is 0.624. The molecule has 0 aliphatic heterocycles. The molecule has 2 aromatic rings. The van der Waals surface area contributed by atoms with E-state index in [1.807, 2.05) is 12.1 Å². The van der Waals surface area contributed by atoms with Gasteiger partial charge in [-0.1, -0.05) is 18.2 Å². The summed E-state index contributed by atoms with van der Waals surface area (Å²) in [6, 6.07) is 6.13. The summed E-state index contributed by atoms with van der Waals surface area (Å²) in [6.45, 7) is 5.46. The van der Waals surface area contributed by atoms with E-state index in [-0.39, 0.29) is 12.6 Å². The van der Waals surface area contributed by atoms with Crippen LogP contribution in [0.4, 0.5) is 0 Å². The van der Waals surface area contributed by atoms with Crippen LogP contribution >= 0.6 is 0 Å². The zero-order chi connectivity index (χ0) is 18.3. The number of hydrogen-bond acceptors (Lipinski definition) is 5. The second-order valence-electron chi connectivity index (χ2n) is 5.83. The Labute approximate surface area is 148 Å². The summed E-state index contributed by atoms with van der Waals surface area (Å²) in [5.41, 5.74) is 4.35. The van der Waals surface area contributed by atoms with Crippen LogP contribution in [0, 0.1) is 13.8 Å². The van der Waals surface area contributed by atoms with Gasteiger partial charge in [0.2, 0.25) is 10.0 Å². The van der Waals surface area contributed by atoms with Crippen molar-refractivity contribution in [1.29, 1.82) is 0 Å². The Hall–Kier alpha value is -1.74. The number of aryl methyl sites for hydroxylation is 1. The van der Waals surface area contributed by atoms with E-state index in [0.29, 0.717) is 19.8 Å². The van der Waals surface area contributed by atoms with Gasteiger partial charge in [-0.15, -0.1) is 0 Å². The normalized spacial score (nSPS) is 13.1. The molecule has 1 aromatic carbocycles. The van der Waals surface area contributed by atoms with Crippen molar-refractivity contribution < 1.29 is 17.9 Å². The molecule has 0 radical (unpaired) electrons. The highest BCUT2D eigenvalue weighted by Crippen LogP contribution is 2.28. The van der Waals surface area contributed by atoms with E-state index in [0.717, 1.165) is 17.5 Å². The summed E-state index contributed by atoms with van der Waals surface area (Å²) in [5, 5.41) is 0. The molecule has 1 atom stereocenters. The van der Waals surface area contributed by atoms with Gasteiger partial charge in [0.25, 0.3) is 0 Å². The predicted molar refractivity (Wildman–Crippen MR) is 96.0 cm³/mol. The molecule has 0 fully saturated rings. The minimum atomic E-state index is -3.18. The van der Waals surface area contributed by atoms with Crippen LogP contribution in [0.5, 0.6) is 0 Å². The van der Waals surface area contributed by atoms with Crippen molar-refractivity contribution in [3.05, 3.63) is 53.1 Å². The molecule has 2 N–H and O–H groups in total. The van der Waals surface area contributed by atoms with Crippen LogP contribution in [-0.2, 0) is 19.5 Å². The van der Waals surface area contributed by atoms with Crippen molar-refractivity contribution in [2.24, 2.45) is 0 Å². The Morgan fingerprint density at radius 3 is 2.72 bits per heavy atom. The first-order chi connectivity index (χ1) is 11.9. The number of nitrogens with one attached hydrogen (secondary N) is 2. The van der Waals surface area contributed by atoms with E-state index in [1.165, 1.54) is 11.1 Å². The first-order valence-corrected chi connectivity index (χ1v) is 9.96. The molecule has 25 heavy (non-hydrogen) atoms. The molecule has 7 nitrogen and oxygen atoms in total. The van der Waals surface area contributed by atoms with Gasteiger partial charge in [-0.25, -0.2) is 18.1 Å². The lowest BCUT2D eigenvalue weighted by Crippen LogP contribution is -2.26. The Morgan fingerprint density at radius 1 is 1.24 bits per heavy atom. The van der Waals surface area contributed by atoms with Gasteiger partial charge >= 0.3 is 0 Å². The number of benzene rings is 1. The summed E-state index contributed by atoms with van der Waals surface area (Å²) in [7, 11) is -3.18. The number of hydrogen-bond donors (Lipinski definition) is 2. The second-order valence-corrected chi connectivity index (χ2v) is 7.66. The fraction of sp³-hybridized carbons (Fsp3) is 0.471. The summed E-state index contributed by atoms with van der Waals surface area (Å²) < 4.78 is 35.7. The number of sulfonamides is 1. The topological polar surface area (TPSA) is 93.3 Å². The lowest BCUT2D eigenvalue weighted by atomic mass is 9.97.